The summed E-state index contributed by atoms with van der Waals surface area (Å²) < 4.78 is 0. The fourth-order valence-electron chi connectivity index (χ4n) is 2.34. The standard InChI is InChI=1S/C13H19N3O3/c1-14-13-10(3-2-4-12(13)16(18)19)9-15(7-8-17)11-5-6-11/h2-4,11,14,17H,5-9H2,1H3. The van der Waals surface area contributed by atoms with Crippen LogP contribution < -0.4 is 5.32 Å². The van der Waals surface area contributed by atoms with Gasteiger partial charge in [-0.15, -0.1) is 0 Å². The first-order valence-electron chi connectivity index (χ1n) is 6.46. The van der Waals surface area contributed by atoms with Gasteiger partial charge in [0, 0.05) is 32.2 Å². The van der Waals surface area contributed by atoms with Crippen LogP contribution in [-0.2, 0) is 6.54 Å². The second kappa shape index (κ2) is 5.99. The van der Waals surface area contributed by atoms with Crippen LogP contribution in [0, 0.1) is 10.1 Å². The first-order chi connectivity index (χ1) is 9.17. The van der Waals surface area contributed by atoms with Gasteiger partial charge in [0.15, 0.2) is 0 Å². The summed E-state index contributed by atoms with van der Waals surface area (Å²) in [6.07, 6.45) is 2.29. The zero-order chi connectivity index (χ0) is 13.8. The molecule has 1 aromatic rings. The molecule has 0 radical (unpaired) electrons. The summed E-state index contributed by atoms with van der Waals surface area (Å²) >= 11 is 0. The highest BCUT2D eigenvalue weighted by Crippen LogP contribution is 2.32. The lowest BCUT2D eigenvalue weighted by Crippen LogP contribution is -2.29. The first kappa shape index (κ1) is 13.8. The molecule has 1 aliphatic carbocycles. The highest BCUT2D eigenvalue weighted by molar-refractivity contribution is 5.66. The Morgan fingerprint density at radius 3 is 2.79 bits per heavy atom. The maximum Gasteiger partial charge on any atom is 0.292 e. The van der Waals surface area contributed by atoms with Crippen LogP contribution in [0.1, 0.15) is 18.4 Å². The number of rotatable bonds is 7. The average Bonchev–Trinajstić information content (AvgIpc) is 3.22. The second-order valence-corrected chi connectivity index (χ2v) is 4.74. The highest BCUT2D eigenvalue weighted by atomic mass is 16.6. The zero-order valence-corrected chi connectivity index (χ0v) is 11.0. The summed E-state index contributed by atoms with van der Waals surface area (Å²) in [5.74, 6) is 0. The minimum atomic E-state index is -0.372. The van der Waals surface area contributed by atoms with Crippen molar-refractivity contribution in [2.45, 2.75) is 25.4 Å². The number of hydrogen-bond acceptors (Lipinski definition) is 5. The van der Waals surface area contributed by atoms with E-state index in [0.717, 1.165) is 18.4 Å². The van der Waals surface area contributed by atoms with Crippen molar-refractivity contribution < 1.29 is 10.0 Å². The molecule has 2 rings (SSSR count). The van der Waals surface area contributed by atoms with Gasteiger partial charge in [0.2, 0.25) is 0 Å². The molecule has 0 unspecified atom stereocenters. The van der Waals surface area contributed by atoms with E-state index in [9.17, 15) is 10.1 Å². The Morgan fingerprint density at radius 1 is 1.53 bits per heavy atom. The lowest BCUT2D eigenvalue weighted by molar-refractivity contribution is -0.384. The fourth-order valence-corrected chi connectivity index (χ4v) is 2.34. The summed E-state index contributed by atoms with van der Waals surface area (Å²) in [6, 6.07) is 5.61. The lowest BCUT2D eigenvalue weighted by atomic mass is 10.1. The number of anilines is 1. The number of benzene rings is 1. The molecular weight excluding hydrogens is 246 g/mol. The quantitative estimate of drug-likeness (QED) is 0.578. The molecule has 1 aromatic carbocycles. The van der Waals surface area contributed by atoms with E-state index in [1.165, 1.54) is 6.07 Å². The summed E-state index contributed by atoms with van der Waals surface area (Å²) in [4.78, 5) is 12.8. The molecule has 0 heterocycles. The molecule has 6 nitrogen and oxygen atoms in total. The van der Waals surface area contributed by atoms with Crippen molar-refractivity contribution in [3.63, 3.8) is 0 Å². The van der Waals surface area contributed by atoms with Crippen LogP contribution >= 0.6 is 0 Å². The average molecular weight is 265 g/mol. The molecule has 19 heavy (non-hydrogen) atoms. The van der Waals surface area contributed by atoms with Gasteiger partial charge in [-0.05, 0) is 18.4 Å². The monoisotopic (exact) mass is 265 g/mol. The number of aliphatic hydroxyl groups is 1. The Kier molecular flexibility index (Phi) is 4.34. The number of nitro benzene ring substituents is 1. The molecule has 104 valence electrons. The van der Waals surface area contributed by atoms with Crippen LogP contribution in [0.2, 0.25) is 0 Å². The third kappa shape index (κ3) is 3.21. The van der Waals surface area contributed by atoms with Crippen molar-refractivity contribution in [1.82, 2.24) is 4.90 Å². The van der Waals surface area contributed by atoms with Crippen molar-refractivity contribution in [1.29, 1.82) is 0 Å². The van der Waals surface area contributed by atoms with Gasteiger partial charge in [-0.1, -0.05) is 12.1 Å². The molecule has 1 fully saturated rings. The smallest absolute Gasteiger partial charge is 0.292 e. The second-order valence-electron chi connectivity index (χ2n) is 4.74. The van der Waals surface area contributed by atoms with Crippen LogP contribution in [0.5, 0.6) is 0 Å². The van der Waals surface area contributed by atoms with Gasteiger partial charge in [-0.25, -0.2) is 0 Å². The molecule has 1 saturated carbocycles. The van der Waals surface area contributed by atoms with Crippen molar-refractivity contribution in [3.05, 3.63) is 33.9 Å². The van der Waals surface area contributed by atoms with E-state index in [0.29, 0.717) is 24.8 Å². The number of nitrogens with one attached hydrogen (secondary N) is 1. The molecule has 6 heteroatoms. The summed E-state index contributed by atoms with van der Waals surface area (Å²) in [6.45, 7) is 1.35. The van der Waals surface area contributed by atoms with Gasteiger partial charge in [0.05, 0.1) is 11.5 Å². The molecule has 2 N–H and O–H groups in total. The Morgan fingerprint density at radius 2 is 2.26 bits per heavy atom. The van der Waals surface area contributed by atoms with Crippen LogP contribution in [0.15, 0.2) is 18.2 Å². The number of aliphatic hydroxyl groups excluding tert-OH is 1. The van der Waals surface area contributed by atoms with Crippen molar-refractivity contribution in [2.75, 3.05) is 25.5 Å². The molecule has 0 aromatic heterocycles. The third-order valence-electron chi connectivity index (χ3n) is 3.40. The SMILES string of the molecule is CNc1c(CN(CCO)C2CC2)cccc1[N+](=O)[O-]. The van der Waals surface area contributed by atoms with Gasteiger partial charge in [0.25, 0.3) is 5.69 Å². The molecular formula is C13H19N3O3. The molecule has 0 spiro atoms. The van der Waals surface area contributed by atoms with Crippen molar-refractivity contribution >= 4 is 11.4 Å². The summed E-state index contributed by atoms with van der Waals surface area (Å²) in [5, 5.41) is 23.0. The summed E-state index contributed by atoms with van der Waals surface area (Å²) in [7, 11) is 1.69. The number of nitrogens with zero attached hydrogens (tertiary/aromatic N) is 2. The number of nitro groups is 1. The van der Waals surface area contributed by atoms with E-state index in [4.69, 9.17) is 5.11 Å². The molecule has 0 saturated heterocycles. The van der Waals surface area contributed by atoms with Gasteiger partial charge in [-0.3, -0.25) is 15.0 Å². The Hall–Kier alpha value is -1.66. The predicted molar refractivity (Wildman–Crippen MR) is 73.2 cm³/mol. The lowest BCUT2D eigenvalue weighted by Gasteiger charge is -2.22. The van der Waals surface area contributed by atoms with E-state index in [-0.39, 0.29) is 17.2 Å². The van der Waals surface area contributed by atoms with E-state index in [1.807, 2.05) is 6.07 Å². The topological polar surface area (TPSA) is 78.6 Å². The maximum absolute atomic E-state index is 11.0. The van der Waals surface area contributed by atoms with Crippen molar-refractivity contribution in [2.24, 2.45) is 0 Å². The largest absolute Gasteiger partial charge is 0.395 e. The molecule has 0 amide bonds. The highest BCUT2D eigenvalue weighted by Gasteiger charge is 2.29. The fraction of sp³-hybridized carbons (Fsp3) is 0.538. The van der Waals surface area contributed by atoms with Crippen LogP contribution in [-0.4, -0.2) is 41.2 Å². The zero-order valence-electron chi connectivity index (χ0n) is 11.0. The molecule has 1 aliphatic rings. The molecule has 0 bridgehead atoms. The van der Waals surface area contributed by atoms with Gasteiger partial charge >= 0.3 is 0 Å². The minimum Gasteiger partial charge on any atom is -0.395 e. The predicted octanol–water partition coefficient (Wildman–Crippen LogP) is 1.59. The molecule has 0 aliphatic heterocycles. The first-order valence-corrected chi connectivity index (χ1v) is 6.46. The summed E-state index contributed by atoms with van der Waals surface area (Å²) in [5.41, 5.74) is 1.56. The van der Waals surface area contributed by atoms with Gasteiger partial charge < -0.3 is 10.4 Å². The third-order valence-corrected chi connectivity index (χ3v) is 3.40. The van der Waals surface area contributed by atoms with E-state index < -0.39 is 0 Å². The van der Waals surface area contributed by atoms with Crippen LogP contribution in [0.25, 0.3) is 0 Å². The Bertz CT molecular complexity index is 460. The number of hydrogen-bond donors (Lipinski definition) is 2. The van der Waals surface area contributed by atoms with Crippen LogP contribution in [0.4, 0.5) is 11.4 Å². The number of para-hydroxylation sites is 1. The van der Waals surface area contributed by atoms with Crippen LogP contribution in [0.3, 0.4) is 0 Å². The maximum atomic E-state index is 11.0. The normalized spacial score (nSPS) is 14.7. The molecule has 0 atom stereocenters. The Labute approximate surface area is 112 Å². The van der Waals surface area contributed by atoms with E-state index in [2.05, 4.69) is 10.2 Å². The van der Waals surface area contributed by atoms with E-state index in [1.54, 1.807) is 13.1 Å². The minimum absolute atomic E-state index is 0.0970. The van der Waals surface area contributed by atoms with Gasteiger partial charge in [0.1, 0.15) is 5.69 Å². The van der Waals surface area contributed by atoms with Crippen molar-refractivity contribution in [3.8, 4) is 0 Å². The van der Waals surface area contributed by atoms with Gasteiger partial charge in [-0.2, -0.15) is 0 Å². The van der Waals surface area contributed by atoms with E-state index >= 15 is 0 Å². The Balaban J connectivity index is 2.23.